The molecule has 0 aromatic carbocycles. The molecule has 1 heterocycles. The van der Waals surface area contributed by atoms with Crippen LogP contribution in [0.5, 0.6) is 0 Å². The Kier molecular flexibility index (Phi) is 3.61. The minimum Gasteiger partial charge on any atom is -0.467 e. The molecule has 1 aliphatic carbocycles. The Hall–Kier alpha value is -1.09. The molecule has 0 bridgehead atoms. The lowest BCUT2D eigenvalue weighted by atomic mass is 9.68. The number of allylic oxidation sites excluding steroid dienone is 3. The van der Waals surface area contributed by atoms with Crippen molar-refractivity contribution < 1.29 is 14.3 Å². The molecule has 19 heavy (non-hydrogen) atoms. The van der Waals surface area contributed by atoms with Gasteiger partial charge in [0, 0.05) is 5.92 Å². The summed E-state index contributed by atoms with van der Waals surface area (Å²) in [6.45, 7) is 8.71. The Balaban J connectivity index is 2.09. The van der Waals surface area contributed by atoms with E-state index in [0.717, 1.165) is 6.42 Å². The summed E-state index contributed by atoms with van der Waals surface area (Å²) in [6.07, 6.45) is 8.45. The average molecular weight is 264 g/mol. The number of ether oxygens (including phenoxy) is 2. The van der Waals surface area contributed by atoms with Crippen molar-refractivity contribution in [1.29, 1.82) is 0 Å². The number of carbonyl (C=O) groups is 1. The van der Waals surface area contributed by atoms with E-state index in [1.807, 2.05) is 13.0 Å². The summed E-state index contributed by atoms with van der Waals surface area (Å²) in [5.74, 6) is 0.128. The highest BCUT2D eigenvalue weighted by Crippen LogP contribution is 2.44. The van der Waals surface area contributed by atoms with Gasteiger partial charge < -0.3 is 9.47 Å². The lowest BCUT2D eigenvalue weighted by Crippen LogP contribution is -2.27. The molecular weight excluding hydrogens is 240 g/mol. The van der Waals surface area contributed by atoms with E-state index in [-0.39, 0.29) is 11.4 Å². The molecule has 1 saturated heterocycles. The largest absolute Gasteiger partial charge is 0.467 e. The zero-order chi connectivity index (χ0) is 14.3. The fourth-order valence-electron chi connectivity index (χ4n) is 3.01. The number of rotatable bonds is 3. The van der Waals surface area contributed by atoms with Crippen molar-refractivity contribution in [3.63, 3.8) is 0 Å². The van der Waals surface area contributed by atoms with Gasteiger partial charge in [0.05, 0.1) is 7.11 Å². The van der Waals surface area contributed by atoms with Gasteiger partial charge in [0.1, 0.15) is 5.60 Å². The highest BCUT2D eigenvalue weighted by Gasteiger charge is 2.56. The van der Waals surface area contributed by atoms with Crippen LogP contribution in [0.2, 0.25) is 0 Å². The van der Waals surface area contributed by atoms with Gasteiger partial charge in [0.2, 0.25) is 0 Å². The first-order valence-corrected chi connectivity index (χ1v) is 6.92. The van der Waals surface area contributed by atoms with Crippen LogP contribution >= 0.6 is 0 Å². The molecule has 0 amide bonds. The third kappa shape index (κ3) is 2.76. The van der Waals surface area contributed by atoms with Gasteiger partial charge in [-0.2, -0.15) is 0 Å². The van der Waals surface area contributed by atoms with Crippen molar-refractivity contribution >= 4 is 5.97 Å². The first-order valence-electron chi connectivity index (χ1n) is 6.92. The van der Waals surface area contributed by atoms with Crippen molar-refractivity contribution in [1.82, 2.24) is 0 Å². The van der Waals surface area contributed by atoms with Crippen LogP contribution in [0.25, 0.3) is 0 Å². The first-order chi connectivity index (χ1) is 8.80. The normalized spacial score (nSPS) is 37.0. The van der Waals surface area contributed by atoms with Gasteiger partial charge in [0.15, 0.2) is 6.10 Å². The molecule has 3 nitrogen and oxygen atoms in total. The quantitative estimate of drug-likeness (QED) is 0.446. The van der Waals surface area contributed by atoms with Crippen molar-refractivity contribution in [3.8, 4) is 0 Å². The van der Waals surface area contributed by atoms with E-state index in [2.05, 4.69) is 32.9 Å². The number of methoxy groups -OCH3 is 1. The van der Waals surface area contributed by atoms with Gasteiger partial charge in [-0.3, -0.25) is 0 Å². The number of epoxide rings is 1. The second-order valence-corrected chi connectivity index (χ2v) is 6.52. The molecule has 106 valence electrons. The number of esters is 1. The molecule has 0 aromatic rings. The first kappa shape index (κ1) is 14.3. The molecule has 3 heteroatoms. The van der Waals surface area contributed by atoms with Crippen molar-refractivity contribution in [3.05, 3.63) is 23.8 Å². The molecule has 0 N–H and O–H groups in total. The molecule has 0 saturated carbocycles. The van der Waals surface area contributed by atoms with Gasteiger partial charge in [0.25, 0.3) is 0 Å². The third-order valence-electron chi connectivity index (χ3n) is 4.46. The summed E-state index contributed by atoms with van der Waals surface area (Å²) in [5.41, 5.74) is 1.19. The van der Waals surface area contributed by atoms with Crippen LogP contribution in [0.15, 0.2) is 23.8 Å². The van der Waals surface area contributed by atoms with Crippen LogP contribution in [0, 0.1) is 11.3 Å². The highest BCUT2D eigenvalue weighted by atomic mass is 16.6. The molecule has 1 aliphatic heterocycles. The molecule has 2 aliphatic rings. The fraction of sp³-hybridized carbons (Fsp3) is 0.688. The van der Waals surface area contributed by atoms with E-state index < -0.39 is 11.7 Å². The predicted molar refractivity (Wildman–Crippen MR) is 74.7 cm³/mol. The Morgan fingerprint density at radius 1 is 1.47 bits per heavy atom. The Labute approximate surface area is 115 Å². The Bertz CT molecular complexity index is 433. The average Bonchev–Trinajstić information content (AvgIpc) is 2.99. The topological polar surface area (TPSA) is 38.8 Å². The number of carbonyl (C=O) groups excluding carboxylic acids is 1. The SMILES string of the molecule is COC(=O)C1OC1(C)/C=C/C1C(C)=CCCC1(C)C. The minimum absolute atomic E-state index is 0.265. The monoisotopic (exact) mass is 264 g/mol. The molecule has 0 aromatic heterocycles. The summed E-state index contributed by atoms with van der Waals surface area (Å²) in [7, 11) is 1.39. The minimum atomic E-state index is -0.485. The number of hydrogen-bond acceptors (Lipinski definition) is 3. The van der Waals surface area contributed by atoms with Crippen LogP contribution in [-0.2, 0) is 14.3 Å². The fourth-order valence-corrected chi connectivity index (χ4v) is 3.01. The van der Waals surface area contributed by atoms with Gasteiger partial charge in [-0.25, -0.2) is 4.79 Å². The van der Waals surface area contributed by atoms with Gasteiger partial charge in [-0.15, -0.1) is 0 Å². The zero-order valence-corrected chi connectivity index (χ0v) is 12.5. The number of hydrogen-bond donors (Lipinski definition) is 0. The second kappa shape index (κ2) is 4.78. The summed E-state index contributed by atoms with van der Waals surface area (Å²) in [5, 5.41) is 0. The van der Waals surface area contributed by atoms with E-state index in [1.54, 1.807) is 0 Å². The summed E-state index contributed by atoms with van der Waals surface area (Å²) >= 11 is 0. The smallest absolute Gasteiger partial charge is 0.338 e. The van der Waals surface area contributed by atoms with E-state index in [4.69, 9.17) is 9.47 Å². The van der Waals surface area contributed by atoms with E-state index in [0.29, 0.717) is 5.92 Å². The molecule has 3 atom stereocenters. The zero-order valence-electron chi connectivity index (χ0n) is 12.5. The molecule has 1 fully saturated rings. The summed E-state index contributed by atoms with van der Waals surface area (Å²) < 4.78 is 10.2. The van der Waals surface area contributed by atoms with Crippen LogP contribution < -0.4 is 0 Å². The van der Waals surface area contributed by atoms with Crippen molar-refractivity contribution in [2.24, 2.45) is 11.3 Å². The molecule has 2 rings (SSSR count). The molecular formula is C16H24O3. The van der Waals surface area contributed by atoms with Crippen LogP contribution in [0.1, 0.15) is 40.5 Å². The highest BCUT2D eigenvalue weighted by molar-refractivity contribution is 5.79. The van der Waals surface area contributed by atoms with Gasteiger partial charge in [-0.1, -0.05) is 37.6 Å². The maximum absolute atomic E-state index is 11.4. The van der Waals surface area contributed by atoms with Gasteiger partial charge in [-0.05, 0) is 32.1 Å². The maximum atomic E-state index is 11.4. The standard InChI is InChI=1S/C16H24O3/c1-11-7-6-9-15(2,3)12(11)8-10-16(4)13(19-16)14(17)18-5/h7-8,10,12-13H,6,9H2,1-5H3/b10-8+. The second-order valence-electron chi connectivity index (χ2n) is 6.52. The molecule has 0 spiro atoms. The Morgan fingerprint density at radius 2 is 2.16 bits per heavy atom. The lowest BCUT2D eigenvalue weighted by Gasteiger charge is -2.36. The lowest BCUT2D eigenvalue weighted by molar-refractivity contribution is -0.142. The predicted octanol–water partition coefficient (Wildman–Crippen LogP) is 3.26. The maximum Gasteiger partial charge on any atom is 0.338 e. The van der Waals surface area contributed by atoms with Crippen LogP contribution in [0.3, 0.4) is 0 Å². The molecule has 3 unspecified atom stereocenters. The third-order valence-corrected chi connectivity index (χ3v) is 4.46. The van der Waals surface area contributed by atoms with E-state index in [1.165, 1.54) is 19.1 Å². The van der Waals surface area contributed by atoms with Crippen molar-refractivity contribution in [2.45, 2.75) is 52.2 Å². The van der Waals surface area contributed by atoms with Crippen LogP contribution in [0.4, 0.5) is 0 Å². The van der Waals surface area contributed by atoms with Crippen LogP contribution in [-0.4, -0.2) is 24.8 Å². The van der Waals surface area contributed by atoms with Gasteiger partial charge >= 0.3 is 5.97 Å². The summed E-state index contributed by atoms with van der Waals surface area (Å²) in [6, 6.07) is 0. The summed E-state index contributed by atoms with van der Waals surface area (Å²) in [4.78, 5) is 11.4. The van der Waals surface area contributed by atoms with E-state index in [9.17, 15) is 4.79 Å². The molecule has 0 radical (unpaired) electrons. The van der Waals surface area contributed by atoms with Crippen molar-refractivity contribution in [2.75, 3.05) is 7.11 Å². The Morgan fingerprint density at radius 3 is 2.74 bits per heavy atom. The van der Waals surface area contributed by atoms with E-state index >= 15 is 0 Å².